The second-order valence-electron chi connectivity index (χ2n) is 4.58. The lowest BCUT2D eigenvalue weighted by Crippen LogP contribution is -2.09. The number of aryl methyl sites for hydroxylation is 1. The summed E-state index contributed by atoms with van der Waals surface area (Å²) >= 11 is 1.75. The van der Waals surface area contributed by atoms with Crippen LogP contribution in [0.1, 0.15) is 21.9 Å². The van der Waals surface area contributed by atoms with Gasteiger partial charge in [-0.1, -0.05) is 42.0 Å². The molecule has 0 aliphatic carbocycles. The first-order valence-electron chi connectivity index (χ1n) is 6.31. The van der Waals surface area contributed by atoms with E-state index in [1.807, 2.05) is 6.07 Å². The highest BCUT2D eigenvalue weighted by Crippen LogP contribution is 2.31. The van der Waals surface area contributed by atoms with Gasteiger partial charge in [0.05, 0.1) is 0 Å². The number of halogens is 1. The van der Waals surface area contributed by atoms with Gasteiger partial charge in [0.15, 0.2) is 0 Å². The summed E-state index contributed by atoms with van der Waals surface area (Å²) in [5.41, 5.74) is 9.30. The smallest absolute Gasteiger partial charge is 0.123 e. The quantitative estimate of drug-likeness (QED) is 0.890. The third kappa shape index (κ3) is 4.08. The molecule has 0 bridgehead atoms. The van der Waals surface area contributed by atoms with Crippen molar-refractivity contribution in [1.82, 2.24) is 0 Å². The molecule has 100 valence electrons. The first kappa shape index (κ1) is 14.1. The van der Waals surface area contributed by atoms with Crippen molar-refractivity contribution in [3.8, 4) is 0 Å². The molecule has 0 aromatic heterocycles. The maximum Gasteiger partial charge on any atom is 0.123 e. The fourth-order valence-electron chi connectivity index (χ4n) is 2.01. The van der Waals surface area contributed by atoms with Gasteiger partial charge in [-0.2, -0.15) is 0 Å². The third-order valence-corrected chi connectivity index (χ3v) is 4.34. The minimum Gasteiger partial charge on any atom is -0.329 e. The summed E-state index contributed by atoms with van der Waals surface area (Å²) in [5, 5.41) is 0.135. The highest BCUT2D eigenvalue weighted by molar-refractivity contribution is 7.98. The molecule has 0 spiro atoms. The van der Waals surface area contributed by atoms with Gasteiger partial charge in [0.1, 0.15) is 5.82 Å². The van der Waals surface area contributed by atoms with E-state index in [1.54, 1.807) is 23.9 Å². The van der Waals surface area contributed by atoms with Crippen LogP contribution in [0, 0.1) is 12.7 Å². The molecule has 0 saturated carbocycles. The Morgan fingerprint density at radius 2 is 1.95 bits per heavy atom. The van der Waals surface area contributed by atoms with Gasteiger partial charge in [0.2, 0.25) is 0 Å². The normalized spacial score (nSPS) is 12.4. The summed E-state index contributed by atoms with van der Waals surface area (Å²) in [4.78, 5) is 0. The first-order chi connectivity index (χ1) is 9.19. The number of hydrogen-bond acceptors (Lipinski definition) is 2. The Morgan fingerprint density at radius 3 is 2.63 bits per heavy atom. The lowest BCUT2D eigenvalue weighted by Gasteiger charge is -2.15. The van der Waals surface area contributed by atoms with E-state index in [1.165, 1.54) is 17.2 Å². The molecule has 0 amide bonds. The lowest BCUT2D eigenvalue weighted by molar-refractivity contribution is 0.625. The van der Waals surface area contributed by atoms with E-state index in [-0.39, 0.29) is 11.1 Å². The number of thioether (sulfide) groups is 1. The fraction of sp³-hybridized carbons (Fsp3) is 0.250. The van der Waals surface area contributed by atoms with E-state index < -0.39 is 0 Å². The Morgan fingerprint density at radius 1 is 1.16 bits per heavy atom. The van der Waals surface area contributed by atoms with Crippen LogP contribution in [0.25, 0.3) is 0 Å². The number of hydrogen-bond donors (Lipinski definition) is 1. The van der Waals surface area contributed by atoms with Crippen molar-refractivity contribution >= 4 is 11.8 Å². The van der Waals surface area contributed by atoms with Crippen LogP contribution in [0.3, 0.4) is 0 Å². The molecular weight excluding hydrogens is 257 g/mol. The Bertz CT molecular complexity index is 542. The van der Waals surface area contributed by atoms with Gasteiger partial charge in [-0.05, 0) is 30.2 Å². The van der Waals surface area contributed by atoms with Gasteiger partial charge in [0.25, 0.3) is 0 Å². The second-order valence-corrected chi connectivity index (χ2v) is 5.77. The number of nitrogens with two attached hydrogens (primary N) is 1. The monoisotopic (exact) mass is 275 g/mol. The predicted octanol–water partition coefficient (Wildman–Crippen LogP) is 4.07. The number of rotatable bonds is 5. The van der Waals surface area contributed by atoms with Crippen molar-refractivity contribution in [3.05, 3.63) is 71.0 Å². The van der Waals surface area contributed by atoms with E-state index in [4.69, 9.17) is 5.73 Å². The molecule has 19 heavy (non-hydrogen) atoms. The van der Waals surface area contributed by atoms with E-state index in [0.717, 1.165) is 11.3 Å². The van der Waals surface area contributed by atoms with Crippen LogP contribution < -0.4 is 5.73 Å². The zero-order chi connectivity index (χ0) is 13.7. The van der Waals surface area contributed by atoms with E-state index in [2.05, 4.69) is 31.2 Å². The molecule has 1 atom stereocenters. The fourth-order valence-corrected chi connectivity index (χ4v) is 3.05. The number of benzene rings is 2. The Kier molecular flexibility index (Phi) is 5.00. The average molecular weight is 275 g/mol. The molecular formula is C16H18FNS. The summed E-state index contributed by atoms with van der Waals surface area (Å²) in [6, 6.07) is 15.1. The maximum absolute atomic E-state index is 13.2. The summed E-state index contributed by atoms with van der Waals surface area (Å²) in [6.45, 7) is 2.60. The summed E-state index contributed by atoms with van der Waals surface area (Å²) in [5.74, 6) is 0.687. The van der Waals surface area contributed by atoms with Crippen molar-refractivity contribution < 1.29 is 4.39 Å². The van der Waals surface area contributed by atoms with Crippen LogP contribution in [-0.2, 0) is 5.75 Å². The Hall–Kier alpha value is -1.32. The van der Waals surface area contributed by atoms with Crippen molar-refractivity contribution in [3.63, 3.8) is 0 Å². The molecule has 2 rings (SSSR count). The molecule has 0 aliphatic heterocycles. The third-order valence-electron chi connectivity index (χ3n) is 2.97. The SMILES string of the molecule is Cc1cccc(CSC(CN)c2cccc(F)c2)c1. The molecule has 0 heterocycles. The van der Waals surface area contributed by atoms with Gasteiger partial charge >= 0.3 is 0 Å². The molecule has 3 heteroatoms. The van der Waals surface area contributed by atoms with Gasteiger partial charge < -0.3 is 5.73 Å². The Balaban J connectivity index is 2.04. The van der Waals surface area contributed by atoms with Crippen molar-refractivity contribution in [2.75, 3.05) is 6.54 Å². The molecule has 2 aromatic carbocycles. The van der Waals surface area contributed by atoms with E-state index in [0.29, 0.717) is 6.54 Å². The standard InChI is InChI=1S/C16H18FNS/c1-12-4-2-5-13(8-12)11-19-16(10-18)14-6-3-7-15(17)9-14/h2-9,16H,10-11,18H2,1H3. The highest BCUT2D eigenvalue weighted by atomic mass is 32.2. The van der Waals surface area contributed by atoms with Crippen LogP contribution in [-0.4, -0.2) is 6.54 Å². The van der Waals surface area contributed by atoms with Crippen LogP contribution in [0.15, 0.2) is 48.5 Å². The van der Waals surface area contributed by atoms with Gasteiger partial charge in [-0.15, -0.1) is 11.8 Å². The first-order valence-corrected chi connectivity index (χ1v) is 7.36. The molecule has 0 aliphatic rings. The Labute approximate surface area is 118 Å². The molecule has 0 fully saturated rings. The second kappa shape index (κ2) is 6.73. The largest absolute Gasteiger partial charge is 0.329 e. The van der Waals surface area contributed by atoms with Crippen LogP contribution in [0.4, 0.5) is 4.39 Å². The zero-order valence-electron chi connectivity index (χ0n) is 11.0. The molecule has 1 unspecified atom stereocenters. The highest BCUT2D eigenvalue weighted by Gasteiger charge is 2.11. The van der Waals surface area contributed by atoms with Crippen molar-refractivity contribution in [1.29, 1.82) is 0 Å². The molecule has 1 nitrogen and oxygen atoms in total. The minimum absolute atomic E-state index is 0.135. The van der Waals surface area contributed by atoms with E-state index >= 15 is 0 Å². The molecule has 0 saturated heterocycles. The predicted molar refractivity (Wildman–Crippen MR) is 80.7 cm³/mol. The van der Waals surface area contributed by atoms with Gasteiger partial charge in [0, 0.05) is 17.5 Å². The topological polar surface area (TPSA) is 26.0 Å². The van der Waals surface area contributed by atoms with Crippen LogP contribution in [0.5, 0.6) is 0 Å². The molecule has 2 aromatic rings. The van der Waals surface area contributed by atoms with Gasteiger partial charge in [-0.25, -0.2) is 4.39 Å². The zero-order valence-corrected chi connectivity index (χ0v) is 11.8. The molecule has 2 N–H and O–H groups in total. The van der Waals surface area contributed by atoms with Crippen LogP contribution in [0.2, 0.25) is 0 Å². The summed E-state index contributed by atoms with van der Waals surface area (Å²) < 4.78 is 13.2. The van der Waals surface area contributed by atoms with Crippen LogP contribution >= 0.6 is 11.8 Å². The average Bonchev–Trinajstić information content (AvgIpc) is 2.40. The minimum atomic E-state index is -0.202. The van der Waals surface area contributed by atoms with Crippen molar-refractivity contribution in [2.24, 2.45) is 5.73 Å². The van der Waals surface area contributed by atoms with E-state index in [9.17, 15) is 4.39 Å². The van der Waals surface area contributed by atoms with Crippen molar-refractivity contribution in [2.45, 2.75) is 17.9 Å². The molecule has 0 radical (unpaired) electrons. The lowest BCUT2D eigenvalue weighted by atomic mass is 10.1. The maximum atomic E-state index is 13.2. The summed E-state index contributed by atoms with van der Waals surface area (Å²) in [6.07, 6.45) is 0. The van der Waals surface area contributed by atoms with Gasteiger partial charge in [-0.3, -0.25) is 0 Å². The summed E-state index contributed by atoms with van der Waals surface area (Å²) in [7, 11) is 0.